The minimum atomic E-state index is -0.441. The third-order valence-electron chi connectivity index (χ3n) is 5.10. The number of carbonyl (C=O) groups is 1. The van der Waals surface area contributed by atoms with Crippen molar-refractivity contribution in [3.05, 3.63) is 0 Å². The monoisotopic (exact) mass is 209 g/mol. The predicted octanol–water partition coefficient (Wildman–Crippen LogP) is -0.136. The molecule has 15 heavy (non-hydrogen) atoms. The van der Waals surface area contributed by atoms with E-state index in [9.17, 15) is 9.90 Å². The fraction of sp³-hybridized carbons (Fsp3) is 0.909. The third kappa shape index (κ3) is 0.684. The topological polar surface area (TPSA) is 58.6 Å². The zero-order valence-corrected chi connectivity index (χ0v) is 8.64. The van der Waals surface area contributed by atoms with Crippen LogP contribution in [0, 0.1) is 23.7 Å². The van der Waals surface area contributed by atoms with Gasteiger partial charge in [0.2, 0.25) is 5.91 Å². The number of fused-ring (bicyclic) bond motifs is 2. The Bertz CT molecular complexity index is 358. The van der Waals surface area contributed by atoms with E-state index in [0.29, 0.717) is 11.8 Å². The second-order valence-electron chi connectivity index (χ2n) is 5.42. The lowest BCUT2D eigenvalue weighted by Crippen LogP contribution is -2.47. The summed E-state index contributed by atoms with van der Waals surface area (Å²) in [7, 11) is 0. The van der Waals surface area contributed by atoms with Crippen LogP contribution in [0.5, 0.6) is 0 Å². The summed E-state index contributed by atoms with van der Waals surface area (Å²) in [6.07, 6.45) is 1.37. The minimum absolute atomic E-state index is 0.0169. The third-order valence-corrected chi connectivity index (χ3v) is 5.10. The second-order valence-corrected chi connectivity index (χ2v) is 5.42. The highest BCUT2D eigenvalue weighted by Gasteiger charge is 2.75. The van der Waals surface area contributed by atoms with Crippen LogP contribution < -0.4 is 5.32 Å². The van der Waals surface area contributed by atoms with E-state index in [0.717, 1.165) is 12.8 Å². The van der Waals surface area contributed by atoms with Gasteiger partial charge in [-0.15, -0.1) is 0 Å². The van der Waals surface area contributed by atoms with Crippen molar-refractivity contribution in [1.82, 2.24) is 5.32 Å². The molecule has 4 aliphatic rings. The van der Waals surface area contributed by atoms with Gasteiger partial charge in [-0.3, -0.25) is 4.79 Å². The first-order valence-electron chi connectivity index (χ1n) is 5.86. The second kappa shape index (κ2) is 2.23. The van der Waals surface area contributed by atoms with Crippen molar-refractivity contribution in [1.29, 1.82) is 0 Å². The van der Waals surface area contributed by atoms with Gasteiger partial charge in [-0.05, 0) is 24.7 Å². The first-order valence-corrected chi connectivity index (χ1v) is 5.86. The maximum Gasteiger partial charge on any atom is 0.226 e. The maximum atomic E-state index is 11.9. The van der Waals surface area contributed by atoms with Crippen molar-refractivity contribution in [2.45, 2.75) is 37.7 Å². The first-order chi connectivity index (χ1) is 7.18. The van der Waals surface area contributed by atoms with Crippen molar-refractivity contribution in [2.24, 2.45) is 23.7 Å². The number of amides is 1. The molecule has 7 atom stereocenters. The van der Waals surface area contributed by atoms with Gasteiger partial charge in [-0.2, -0.15) is 0 Å². The van der Waals surface area contributed by atoms with Gasteiger partial charge in [-0.25, -0.2) is 0 Å². The van der Waals surface area contributed by atoms with Gasteiger partial charge >= 0.3 is 0 Å². The average molecular weight is 209 g/mol. The van der Waals surface area contributed by atoms with Gasteiger partial charge in [0.15, 0.2) is 0 Å². The van der Waals surface area contributed by atoms with E-state index >= 15 is 0 Å². The van der Waals surface area contributed by atoms with Crippen LogP contribution in [0.1, 0.15) is 19.8 Å². The van der Waals surface area contributed by atoms with E-state index in [2.05, 4.69) is 5.32 Å². The summed E-state index contributed by atoms with van der Waals surface area (Å²) in [5.41, 5.74) is -0.441. The molecule has 4 rings (SSSR count). The Kier molecular flexibility index (Phi) is 1.27. The van der Waals surface area contributed by atoms with E-state index in [1.165, 1.54) is 0 Å². The predicted molar refractivity (Wildman–Crippen MR) is 50.6 cm³/mol. The van der Waals surface area contributed by atoms with Crippen LogP contribution in [0.15, 0.2) is 0 Å². The number of aliphatic hydroxyl groups is 1. The van der Waals surface area contributed by atoms with Gasteiger partial charge in [0.25, 0.3) is 0 Å². The molecular weight excluding hydrogens is 194 g/mol. The Morgan fingerprint density at radius 1 is 1.60 bits per heavy atom. The fourth-order valence-corrected chi connectivity index (χ4v) is 4.61. The minimum Gasteiger partial charge on any atom is -0.390 e. The van der Waals surface area contributed by atoms with E-state index in [1.807, 2.05) is 6.92 Å². The molecule has 0 aromatic heterocycles. The molecule has 7 unspecified atom stereocenters. The summed E-state index contributed by atoms with van der Waals surface area (Å²) in [6.45, 7) is 2.05. The number of hydrogen-bond acceptors (Lipinski definition) is 3. The highest BCUT2D eigenvalue weighted by atomic mass is 16.5. The molecule has 2 aliphatic heterocycles. The Morgan fingerprint density at radius 2 is 2.40 bits per heavy atom. The summed E-state index contributed by atoms with van der Waals surface area (Å²) in [6, 6.07) is 0. The average Bonchev–Trinajstić information content (AvgIpc) is 2.84. The lowest BCUT2D eigenvalue weighted by Gasteiger charge is -2.28. The van der Waals surface area contributed by atoms with Gasteiger partial charge < -0.3 is 15.2 Å². The zero-order valence-electron chi connectivity index (χ0n) is 8.64. The van der Waals surface area contributed by atoms with Gasteiger partial charge in [-0.1, -0.05) is 6.92 Å². The molecular formula is C11H15NO3. The number of aliphatic hydroxyl groups excluding tert-OH is 1. The highest BCUT2D eigenvalue weighted by molar-refractivity contribution is 5.84. The van der Waals surface area contributed by atoms with Crippen molar-refractivity contribution in [3.63, 3.8) is 0 Å². The Morgan fingerprint density at radius 3 is 3.13 bits per heavy atom. The van der Waals surface area contributed by atoms with Crippen LogP contribution in [0.25, 0.3) is 0 Å². The van der Waals surface area contributed by atoms with Gasteiger partial charge in [0.1, 0.15) is 5.72 Å². The maximum absolute atomic E-state index is 11.9. The van der Waals surface area contributed by atoms with E-state index < -0.39 is 11.8 Å². The molecule has 2 heterocycles. The van der Waals surface area contributed by atoms with Crippen LogP contribution in [-0.2, 0) is 9.53 Å². The van der Waals surface area contributed by atoms with E-state index in [1.54, 1.807) is 0 Å². The molecule has 4 heteroatoms. The molecule has 0 spiro atoms. The highest BCUT2D eigenvalue weighted by Crippen LogP contribution is 2.65. The lowest BCUT2D eigenvalue weighted by atomic mass is 9.76. The summed E-state index contributed by atoms with van der Waals surface area (Å²) in [4.78, 5) is 11.9. The van der Waals surface area contributed by atoms with Crippen LogP contribution in [0.2, 0.25) is 0 Å². The van der Waals surface area contributed by atoms with Crippen LogP contribution in [0.4, 0.5) is 0 Å². The standard InChI is InChI=1S/C11H15NO3/c1-2-11-7-5-3-4(6(7)10(14)12-11)8(13)9(5)15-11/h4-9,13H,2-3H2,1H3,(H,12,14). The van der Waals surface area contributed by atoms with Gasteiger partial charge in [0.05, 0.1) is 18.1 Å². The summed E-state index contributed by atoms with van der Waals surface area (Å²) < 4.78 is 5.97. The molecule has 2 N–H and O–H groups in total. The number of ether oxygens (including phenoxy) is 1. The molecule has 2 aliphatic carbocycles. The van der Waals surface area contributed by atoms with E-state index in [4.69, 9.17) is 4.74 Å². The molecule has 82 valence electrons. The summed E-state index contributed by atoms with van der Waals surface area (Å²) in [5, 5.41) is 13.1. The van der Waals surface area contributed by atoms with Crippen molar-refractivity contribution < 1.29 is 14.6 Å². The molecule has 2 saturated carbocycles. The zero-order chi connectivity index (χ0) is 10.4. The van der Waals surface area contributed by atoms with Crippen LogP contribution in [-0.4, -0.2) is 28.9 Å². The van der Waals surface area contributed by atoms with Crippen molar-refractivity contribution in [3.8, 4) is 0 Å². The number of rotatable bonds is 1. The SMILES string of the molecule is CCC12NC(=O)C3C4CC(C(O1)C4O)C32. The molecule has 2 saturated heterocycles. The summed E-state index contributed by atoms with van der Waals surface area (Å²) >= 11 is 0. The largest absolute Gasteiger partial charge is 0.390 e. The molecule has 4 fully saturated rings. The molecule has 0 aromatic carbocycles. The summed E-state index contributed by atoms with van der Waals surface area (Å²) in [5.74, 6) is 1.01. The molecule has 2 bridgehead atoms. The number of hydrogen-bond donors (Lipinski definition) is 2. The number of nitrogens with one attached hydrogen (secondary N) is 1. The Balaban J connectivity index is 1.88. The quantitative estimate of drug-likeness (QED) is 0.632. The Hall–Kier alpha value is -0.610. The smallest absolute Gasteiger partial charge is 0.226 e. The van der Waals surface area contributed by atoms with Crippen molar-refractivity contribution >= 4 is 5.91 Å². The molecule has 1 amide bonds. The Labute approximate surface area is 88.0 Å². The van der Waals surface area contributed by atoms with Crippen molar-refractivity contribution in [2.75, 3.05) is 0 Å². The molecule has 0 radical (unpaired) electrons. The normalized spacial score (nSPS) is 64.0. The number of carbonyl (C=O) groups excluding carboxylic acids is 1. The molecule has 0 aromatic rings. The van der Waals surface area contributed by atoms with Crippen LogP contribution in [0.3, 0.4) is 0 Å². The van der Waals surface area contributed by atoms with Crippen LogP contribution >= 0.6 is 0 Å². The van der Waals surface area contributed by atoms with E-state index in [-0.39, 0.29) is 23.8 Å². The lowest BCUT2D eigenvalue weighted by molar-refractivity contribution is -0.140. The molecule has 4 nitrogen and oxygen atoms in total. The first kappa shape index (κ1) is 8.53. The fourth-order valence-electron chi connectivity index (χ4n) is 4.61. The van der Waals surface area contributed by atoms with Gasteiger partial charge in [0, 0.05) is 5.92 Å².